The predicted octanol–water partition coefficient (Wildman–Crippen LogP) is 2.22. The van der Waals surface area contributed by atoms with Crippen LogP contribution >= 0.6 is 11.3 Å². The highest BCUT2D eigenvalue weighted by molar-refractivity contribution is 7.11. The van der Waals surface area contributed by atoms with E-state index in [0.29, 0.717) is 16.1 Å². The van der Waals surface area contributed by atoms with Crippen LogP contribution < -0.4 is 5.32 Å². The molecule has 6 heteroatoms. The molecule has 2 rings (SSSR count). The zero-order valence-electron chi connectivity index (χ0n) is 11.8. The van der Waals surface area contributed by atoms with Gasteiger partial charge in [0, 0.05) is 6.54 Å². The van der Waals surface area contributed by atoms with E-state index in [9.17, 15) is 14.7 Å². The molecule has 5 nitrogen and oxygen atoms in total. The lowest BCUT2D eigenvalue weighted by atomic mass is 9.82. The zero-order valence-corrected chi connectivity index (χ0v) is 12.6. The SMILES string of the molecule is Cc1ncsc1C(=O)NCC(C)(C(=O)O)c1ccccc1. The first-order valence-corrected chi connectivity index (χ1v) is 7.30. The van der Waals surface area contributed by atoms with Crippen LogP contribution in [0, 0.1) is 6.92 Å². The summed E-state index contributed by atoms with van der Waals surface area (Å²) in [4.78, 5) is 28.2. The first-order chi connectivity index (χ1) is 9.95. The molecule has 0 aliphatic carbocycles. The number of carboxylic acid groups (broad SMARTS) is 1. The van der Waals surface area contributed by atoms with Crippen LogP contribution in [-0.4, -0.2) is 28.5 Å². The molecule has 0 aliphatic heterocycles. The van der Waals surface area contributed by atoms with Crippen LogP contribution in [0.2, 0.25) is 0 Å². The summed E-state index contributed by atoms with van der Waals surface area (Å²) in [5, 5.41) is 12.2. The molecule has 1 unspecified atom stereocenters. The Morgan fingerprint density at radius 1 is 1.33 bits per heavy atom. The van der Waals surface area contributed by atoms with E-state index in [1.54, 1.807) is 43.6 Å². The molecule has 0 bridgehead atoms. The second-order valence-corrected chi connectivity index (χ2v) is 5.81. The van der Waals surface area contributed by atoms with Crippen molar-refractivity contribution in [1.82, 2.24) is 10.3 Å². The molecule has 1 atom stereocenters. The minimum absolute atomic E-state index is 0.0164. The molecule has 1 aromatic carbocycles. The summed E-state index contributed by atoms with van der Waals surface area (Å²) in [6, 6.07) is 8.89. The first-order valence-electron chi connectivity index (χ1n) is 6.42. The summed E-state index contributed by atoms with van der Waals surface area (Å²) in [6.07, 6.45) is 0. The van der Waals surface area contributed by atoms with Crippen molar-refractivity contribution in [2.45, 2.75) is 19.3 Å². The quantitative estimate of drug-likeness (QED) is 0.887. The van der Waals surface area contributed by atoms with E-state index >= 15 is 0 Å². The molecule has 110 valence electrons. The molecule has 0 spiro atoms. The van der Waals surface area contributed by atoms with E-state index in [4.69, 9.17) is 0 Å². The summed E-state index contributed by atoms with van der Waals surface area (Å²) >= 11 is 1.24. The van der Waals surface area contributed by atoms with E-state index in [2.05, 4.69) is 10.3 Å². The number of nitrogens with zero attached hydrogens (tertiary/aromatic N) is 1. The lowest BCUT2D eigenvalue weighted by Crippen LogP contribution is -2.44. The third kappa shape index (κ3) is 3.11. The molecule has 1 aromatic heterocycles. The molecule has 1 heterocycles. The van der Waals surface area contributed by atoms with Crippen LogP contribution in [0.25, 0.3) is 0 Å². The van der Waals surface area contributed by atoms with Crippen molar-refractivity contribution in [3.05, 3.63) is 52.0 Å². The van der Waals surface area contributed by atoms with Crippen LogP contribution in [-0.2, 0) is 10.2 Å². The minimum Gasteiger partial charge on any atom is -0.481 e. The van der Waals surface area contributed by atoms with Gasteiger partial charge in [-0.15, -0.1) is 11.3 Å². The van der Waals surface area contributed by atoms with Crippen molar-refractivity contribution in [3.63, 3.8) is 0 Å². The number of carboxylic acids is 1. The number of hydrogen-bond donors (Lipinski definition) is 2. The number of thiazole rings is 1. The second kappa shape index (κ2) is 6.05. The van der Waals surface area contributed by atoms with Gasteiger partial charge in [-0.2, -0.15) is 0 Å². The van der Waals surface area contributed by atoms with E-state index in [1.165, 1.54) is 11.3 Å². The number of aromatic nitrogens is 1. The van der Waals surface area contributed by atoms with Gasteiger partial charge < -0.3 is 10.4 Å². The van der Waals surface area contributed by atoms with Gasteiger partial charge in [-0.1, -0.05) is 30.3 Å². The molecule has 2 N–H and O–H groups in total. The van der Waals surface area contributed by atoms with Gasteiger partial charge in [0.2, 0.25) is 0 Å². The van der Waals surface area contributed by atoms with E-state index in [-0.39, 0.29) is 12.5 Å². The fraction of sp³-hybridized carbons (Fsp3) is 0.267. The van der Waals surface area contributed by atoms with Gasteiger partial charge in [0.1, 0.15) is 10.3 Å². The predicted molar refractivity (Wildman–Crippen MR) is 80.6 cm³/mol. The third-order valence-corrected chi connectivity index (χ3v) is 4.36. The maximum Gasteiger partial charge on any atom is 0.315 e. The Labute approximate surface area is 126 Å². The molecule has 0 saturated heterocycles. The molecule has 0 aliphatic rings. The van der Waals surface area contributed by atoms with Crippen LogP contribution in [0.3, 0.4) is 0 Å². The van der Waals surface area contributed by atoms with Gasteiger partial charge in [0.05, 0.1) is 11.2 Å². The lowest BCUT2D eigenvalue weighted by Gasteiger charge is -2.25. The highest BCUT2D eigenvalue weighted by Gasteiger charge is 2.35. The van der Waals surface area contributed by atoms with E-state index in [0.717, 1.165) is 0 Å². The largest absolute Gasteiger partial charge is 0.481 e. The fourth-order valence-corrected chi connectivity index (χ4v) is 2.68. The van der Waals surface area contributed by atoms with E-state index in [1.807, 2.05) is 6.07 Å². The molecule has 0 radical (unpaired) electrons. The Hall–Kier alpha value is -2.21. The summed E-state index contributed by atoms with van der Waals surface area (Å²) in [7, 11) is 0. The Morgan fingerprint density at radius 3 is 2.52 bits per heavy atom. The van der Waals surface area contributed by atoms with Gasteiger partial charge in [0.15, 0.2) is 0 Å². The minimum atomic E-state index is -1.17. The number of hydrogen-bond acceptors (Lipinski definition) is 4. The van der Waals surface area contributed by atoms with Crippen LogP contribution in [0.1, 0.15) is 27.9 Å². The van der Waals surface area contributed by atoms with Gasteiger partial charge in [-0.05, 0) is 19.4 Å². The number of carbonyl (C=O) groups is 2. The average Bonchev–Trinajstić information content (AvgIpc) is 2.91. The third-order valence-electron chi connectivity index (χ3n) is 3.44. The Bertz CT molecular complexity index is 654. The highest BCUT2D eigenvalue weighted by Crippen LogP contribution is 2.23. The lowest BCUT2D eigenvalue weighted by molar-refractivity contribution is -0.142. The maximum atomic E-state index is 12.1. The van der Waals surface area contributed by atoms with Crippen molar-refractivity contribution >= 4 is 23.2 Å². The summed E-state index contributed by atoms with van der Waals surface area (Å²) in [5.41, 5.74) is 1.72. The molecule has 0 fully saturated rings. The molecule has 1 amide bonds. The molecule has 2 aromatic rings. The normalized spacial score (nSPS) is 13.4. The Morgan fingerprint density at radius 2 is 2.00 bits per heavy atom. The maximum absolute atomic E-state index is 12.1. The van der Waals surface area contributed by atoms with Crippen molar-refractivity contribution in [2.75, 3.05) is 6.54 Å². The van der Waals surface area contributed by atoms with Gasteiger partial charge in [-0.25, -0.2) is 4.98 Å². The second-order valence-electron chi connectivity index (χ2n) is 4.95. The van der Waals surface area contributed by atoms with Crippen LogP contribution in [0.5, 0.6) is 0 Å². The Kier molecular flexibility index (Phi) is 4.37. The molecule has 21 heavy (non-hydrogen) atoms. The smallest absolute Gasteiger partial charge is 0.315 e. The number of nitrogens with one attached hydrogen (secondary N) is 1. The van der Waals surface area contributed by atoms with Crippen molar-refractivity contribution in [1.29, 1.82) is 0 Å². The van der Waals surface area contributed by atoms with Crippen LogP contribution in [0.15, 0.2) is 35.8 Å². The number of benzene rings is 1. The monoisotopic (exact) mass is 304 g/mol. The standard InChI is InChI=1S/C15H16N2O3S/c1-10-12(21-9-17-10)13(18)16-8-15(2,14(19)20)11-6-4-3-5-7-11/h3-7,9H,8H2,1-2H3,(H,16,18)(H,19,20). The molecular weight excluding hydrogens is 288 g/mol. The van der Waals surface area contributed by atoms with Crippen molar-refractivity contribution in [3.8, 4) is 0 Å². The number of aryl methyl sites for hydroxylation is 1. The fourth-order valence-electron chi connectivity index (χ4n) is 1.96. The summed E-state index contributed by atoms with van der Waals surface area (Å²) in [6.45, 7) is 3.37. The van der Waals surface area contributed by atoms with Gasteiger partial charge in [-0.3, -0.25) is 9.59 Å². The summed E-state index contributed by atoms with van der Waals surface area (Å²) in [5.74, 6) is -1.27. The molecular formula is C15H16N2O3S. The Balaban J connectivity index is 2.17. The average molecular weight is 304 g/mol. The van der Waals surface area contributed by atoms with Crippen molar-refractivity contribution in [2.24, 2.45) is 0 Å². The summed E-state index contributed by atoms with van der Waals surface area (Å²) < 4.78 is 0. The first kappa shape index (κ1) is 15.2. The molecule has 0 saturated carbocycles. The van der Waals surface area contributed by atoms with Crippen molar-refractivity contribution < 1.29 is 14.7 Å². The number of carbonyl (C=O) groups excluding carboxylic acids is 1. The number of amides is 1. The number of aliphatic carboxylic acids is 1. The van der Waals surface area contributed by atoms with E-state index < -0.39 is 11.4 Å². The van der Waals surface area contributed by atoms with Gasteiger partial charge >= 0.3 is 5.97 Å². The zero-order chi connectivity index (χ0) is 15.5. The van der Waals surface area contributed by atoms with Gasteiger partial charge in [0.25, 0.3) is 5.91 Å². The highest BCUT2D eigenvalue weighted by atomic mass is 32.1. The topological polar surface area (TPSA) is 79.3 Å². The van der Waals surface area contributed by atoms with Crippen LogP contribution in [0.4, 0.5) is 0 Å². The number of rotatable bonds is 5.